The number of carbonyl (C=O) groups is 1. The van der Waals surface area contributed by atoms with E-state index in [4.69, 9.17) is 4.74 Å². The van der Waals surface area contributed by atoms with Crippen molar-refractivity contribution in [2.24, 2.45) is 0 Å². The molecule has 19 heavy (non-hydrogen) atoms. The molecule has 8 nitrogen and oxygen atoms in total. The van der Waals surface area contributed by atoms with Gasteiger partial charge in [-0.05, 0) is 12.1 Å². The summed E-state index contributed by atoms with van der Waals surface area (Å²) in [5.41, 5.74) is -0.650. The van der Waals surface area contributed by atoms with E-state index >= 15 is 0 Å². The van der Waals surface area contributed by atoms with Crippen LogP contribution in [0.4, 0.5) is 5.69 Å². The summed E-state index contributed by atoms with van der Waals surface area (Å²) in [6.07, 6.45) is 0. The molecule has 0 saturated heterocycles. The van der Waals surface area contributed by atoms with Gasteiger partial charge in [0.15, 0.2) is 15.6 Å². The number of benzene rings is 1. The molecular formula is C10H11NO7S. The summed E-state index contributed by atoms with van der Waals surface area (Å²) in [5.74, 6) is -1.81. The van der Waals surface area contributed by atoms with Gasteiger partial charge in [-0.3, -0.25) is 14.9 Å². The van der Waals surface area contributed by atoms with Crippen LogP contribution < -0.4 is 4.74 Å². The molecule has 0 radical (unpaired) electrons. The quantitative estimate of drug-likeness (QED) is 0.442. The van der Waals surface area contributed by atoms with Crippen molar-refractivity contribution >= 4 is 21.5 Å². The Morgan fingerprint density at radius 3 is 2.47 bits per heavy atom. The van der Waals surface area contributed by atoms with Crippen molar-refractivity contribution in [2.45, 2.75) is 4.90 Å². The molecule has 0 fully saturated rings. The number of methoxy groups -OCH3 is 2. The van der Waals surface area contributed by atoms with Gasteiger partial charge in [-0.25, -0.2) is 8.42 Å². The van der Waals surface area contributed by atoms with Gasteiger partial charge in [0.25, 0.3) is 5.69 Å². The van der Waals surface area contributed by atoms with E-state index in [9.17, 15) is 23.3 Å². The van der Waals surface area contributed by atoms with Gasteiger partial charge in [0.1, 0.15) is 10.6 Å². The fourth-order valence-corrected chi connectivity index (χ4v) is 2.63. The van der Waals surface area contributed by atoms with Crippen LogP contribution in [-0.2, 0) is 19.4 Å². The Balaban J connectivity index is 3.33. The molecule has 1 rings (SSSR count). The van der Waals surface area contributed by atoms with Crippen LogP contribution >= 0.6 is 0 Å². The van der Waals surface area contributed by atoms with Gasteiger partial charge in [0.2, 0.25) is 0 Å². The number of nitrogens with zero attached hydrogens (tertiary/aromatic N) is 1. The van der Waals surface area contributed by atoms with Crippen molar-refractivity contribution in [1.82, 2.24) is 0 Å². The summed E-state index contributed by atoms with van der Waals surface area (Å²) in [7, 11) is -1.82. The van der Waals surface area contributed by atoms with Crippen molar-refractivity contribution in [2.75, 3.05) is 20.0 Å². The van der Waals surface area contributed by atoms with Crippen LogP contribution in [0.25, 0.3) is 0 Å². The predicted octanol–water partition coefficient (Wildman–Crippen LogP) is 0.550. The predicted molar refractivity (Wildman–Crippen MR) is 63.7 cm³/mol. The Morgan fingerprint density at radius 1 is 1.37 bits per heavy atom. The van der Waals surface area contributed by atoms with Gasteiger partial charge in [-0.15, -0.1) is 0 Å². The number of hydrogen-bond acceptors (Lipinski definition) is 7. The van der Waals surface area contributed by atoms with Crippen molar-refractivity contribution in [3.8, 4) is 5.75 Å². The number of ether oxygens (including phenoxy) is 2. The van der Waals surface area contributed by atoms with Gasteiger partial charge in [-0.2, -0.15) is 0 Å². The van der Waals surface area contributed by atoms with E-state index in [1.54, 1.807) is 0 Å². The lowest BCUT2D eigenvalue weighted by atomic mass is 10.3. The average Bonchev–Trinajstić information content (AvgIpc) is 2.37. The number of carbonyl (C=O) groups excluding carboxylic acids is 1. The first-order valence-electron chi connectivity index (χ1n) is 4.94. The van der Waals surface area contributed by atoms with E-state index in [1.165, 1.54) is 13.2 Å². The monoisotopic (exact) mass is 289 g/mol. The molecule has 0 spiro atoms. The number of nitro groups is 1. The second kappa shape index (κ2) is 5.65. The van der Waals surface area contributed by atoms with E-state index in [0.29, 0.717) is 0 Å². The third kappa shape index (κ3) is 3.41. The molecule has 0 aliphatic rings. The Bertz CT molecular complexity index is 608. The van der Waals surface area contributed by atoms with E-state index < -0.39 is 37.1 Å². The van der Waals surface area contributed by atoms with Crippen molar-refractivity contribution < 1.29 is 27.6 Å². The van der Waals surface area contributed by atoms with Crippen LogP contribution in [0.2, 0.25) is 0 Å². The van der Waals surface area contributed by atoms with Crippen LogP contribution in [0.3, 0.4) is 0 Å². The molecule has 0 heterocycles. The Hall–Kier alpha value is -2.16. The molecule has 0 aliphatic carbocycles. The second-order valence-electron chi connectivity index (χ2n) is 3.43. The number of hydrogen-bond donors (Lipinski definition) is 0. The number of sulfone groups is 1. The van der Waals surface area contributed by atoms with Crippen molar-refractivity contribution in [3.05, 3.63) is 28.3 Å². The van der Waals surface area contributed by atoms with Crippen LogP contribution in [0.15, 0.2) is 23.1 Å². The summed E-state index contributed by atoms with van der Waals surface area (Å²) in [6, 6.07) is 3.26. The highest BCUT2D eigenvalue weighted by atomic mass is 32.2. The molecule has 9 heteroatoms. The number of esters is 1. The molecule has 0 saturated carbocycles. The summed E-state index contributed by atoms with van der Waals surface area (Å²) >= 11 is 0. The fourth-order valence-electron chi connectivity index (χ4n) is 1.32. The third-order valence-electron chi connectivity index (χ3n) is 2.23. The van der Waals surface area contributed by atoms with Gasteiger partial charge in [-0.1, -0.05) is 0 Å². The van der Waals surface area contributed by atoms with Crippen molar-refractivity contribution in [3.63, 3.8) is 0 Å². The zero-order valence-corrected chi connectivity index (χ0v) is 11.0. The first-order valence-corrected chi connectivity index (χ1v) is 6.59. The molecule has 1 aromatic carbocycles. The lowest BCUT2D eigenvalue weighted by Crippen LogP contribution is -2.18. The lowest BCUT2D eigenvalue weighted by molar-refractivity contribution is -0.387. The maximum Gasteiger partial charge on any atom is 0.321 e. The normalized spacial score (nSPS) is 10.8. The van der Waals surface area contributed by atoms with E-state index in [-0.39, 0.29) is 5.75 Å². The zero-order valence-electron chi connectivity index (χ0n) is 10.2. The lowest BCUT2D eigenvalue weighted by Gasteiger charge is -2.06. The standard InChI is InChI=1S/C10H11NO7S/c1-17-7-3-4-9(8(5-7)11(13)14)19(15,16)6-10(12)18-2/h3-5H,6H2,1-2H3. The van der Waals surface area contributed by atoms with Crippen LogP contribution in [0.1, 0.15) is 0 Å². The molecule has 0 bridgehead atoms. The zero-order chi connectivity index (χ0) is 14.6. The molecule has 0 aliphatic heterocycles. The highest BCUT2D eigenvalue weighted by Gasteiger charge is 2.29. The number of rotatable bonds is 5. The van der Waals surface area contributed by atoms with Crippen LogP contribution in [0, 0.1) is 10.1 Å². The van der Waals surface area contributed by atoms with Crippen LogP contribution in [0.5, 0.6) is 5.75 Å². The molecule has 0 N–H and O–H groups in total. The molecule has 0 unspecified atom stereocenters. The Labute approximate surface area is 109 Å². The fraction of sp³-hybridized carbons (Fsp3) is 0.300. The second-order valence-corrected chi connectivity index (χ2v) is 5.38. The maximum absolute atomic E-state index is 11.9. The SMILES string of the molecule is COC(=O)CS(=O)(=O)c1ccc(OC)cc1[N+](=O)[O-]. The third-order valence-corrected chi connectivity index (χ3v) is 3.86. The smallest absolute Gasteiger partial charge is 0.321 e. The Morgan fingerprint density at radius 2 is 2.00 bits per heavy atom. The van der Waals surface area contributed by atoms with Gasteiger partial charge >= 0.3 is 5.97 Å². The van der Waals surface area contributed by atoms with Crippen LogP contribution in [-0.4, -0.2) is 39.3 Å². The highest BCUT2D eigenvalue weighted by molar-refractivity contribution is 7.92. The minimum atomic E-state index is -4.14. The highest BCUT2D eigenvalue weighted by Crippen LogP contribution is 2.29. The van der Waals surface area contributed by atoms with Gasteiger partial charge in [0.05, 0.1) is 25.2 Å². The molecule has 1 aromatic rings. The first-order chi connectivity index (χ1) is 8.81. The molecular weight excluding hydrogens is 278 g/mol. The van der Waals surface area contributed by atoms with E-state index in [0.717, 1.165) is 19.2 Å². The average molecular weight is 289 g/mol. The first kappa shape index (κ1) is 14.9. The largest absolute Gasteiger partial charge is 0.497 e. The minimum absolute atomic E-state index is 0.142. The van der Waals surface area contributed by atoms with Gasteiger partial charge < -0.3 is 9.47 Å². The number of nitro benzene ring substituents is 1. The molecule has 104 valence electrons. The molecule has 0 aromatic heterocycles. The molecule has 0 amide bonds. The van der Waals surface area contributed by atoms with Gasteiger partial charge in [0, 0.05) is 0 Å². The minimum Gasteiger partial charge on any atom is -0.497 e. The van der Waals surface area contributed by atoms with E-state index in [2.05, 4.69) is 4.74 Å². The summed E-state index contributed by atoms with van der Waals surface area (Å²) < 4.78 is 32.8. The Kier molecular flexibility index (Phi) is 4.43. The topological polar surface area (TPSA) is 113 Å². The summed E-state index contributed by atoms with van der Waals surface area (Å²) in [5, 5.41) is 10.9. The summed E-state index contributed by atoms with van der Waals surface area (Å²) in [4.78, 5) is 20.5. The van der Waals surface area contributed by atoms with E-state index in [1.807, 2.05) is 0 Å². The summed E-state index contributed by atoms with van der Waals surface area (Å²) in [6.45, 7) is 0. The maximum atomic E-state index is 11.9. The molecule has 0 atom stereocenters. The van der Waals surface area contributed by atoms with Crippen molar-refractivity contribution in [1.29, 1.82) is 0 Å².